The minimum Gasteiger partial charge on any atom is -0.455 e. The molecule has 4 heterocycles. The summed E-state index contributed by atoms with van der Waals surface area (Å²) in [5.74, 6) is 2.22. The molecule has 40 heavy (non-hydrogen) atoms. The average molecular weight is 537 g/mol. The number of pyridine rings is 1. The summed E-state index contributed by atoms with van der Waals surface area (Å²) < 4.78 is 7.85. The van der Waals surface area contributed by atoms with E-state index < -0.39 is 0 Å². The molecule has 190 valence electrons. The quantitative estimate of drug-likeness (QED) is 0.244. The second-order valence-corrected chi connectivity index (χ2v) is 10.5. The summed E-state index contributed by atoms with van der Waals surface area (Å²) in [6.07, 6.45) is 1.67. The molecule has 0 radical (unpaired) electrons. The predicted octanol–water partition coefficient (Wildman–Crippen LogP) is 8.01. The van der Waals surface area contributed by atoms with Crippen molar-refractivity contribution in [1.82, 2.24) is 24.6 Å². The minimum atomic E-state index is 0.496. The summed E-state index contributed by atoms with van der Waals surface area (Å²) in [6.45, 7) is 0. The molecular formula is C32H20N6OS. The third-order valence-corrected chi connectivity index (χ3v) is 7.88. The number of rotatable bonds is 4. The summed E-state index contributed by atoms with van der Waals surface area (Å²) in [5.41, 5.74) is 6.06. The molecule has 0 amide bonds. The van der Waals surface area contributed by atoms with Crippen molar-refractivity contribution in [2.75, 3.05) is 5.32 Å². The van der Waals surface area contributed by atoms with E-state index in [0.29, 0.717) is 17.2 Å². The van der Waals surface area contributed by atoms with Crippen molar-refractivity contribution < 1.29 is 4.74 Å². The number of aromatic nitrogens is 5. The van der Waals surface area contributed by atoms with Gasteiger partial charge in [0.15, 0.2) is 11.3 Å². The molecule has 7 nitrogen and oxygen atoms in total. The van der Waals surface area contributed by atoms with Crippen LogP contribution in [0, 0.1) is 0 Å². The van der Waals surface area contributed by atoms with Gasteiger partial charge < -0.3 is 10.1 Å². The van der Waals surface area contributed by atoms with Crippen molar-refractivity contribution in [2.24, 2.45) is 0 Å². The highest BCUT2D eigenvalue weighted by Crippen LogP contribution is 2.48. The SMILES string of the molecule is c1ccc(Nc2nc3c4c(-c5ccccc5)cc(-c5ccc6c(c5)Sc5ccccc5O6)nc4ncn3n2)cc1. The van der Waals surface area contributed by atoms with Gasteiger partial charge in [-0.05, 0) is 59.7 Å². The van der Waals surface area contributed by atoms with E-state index in [-0.39, 0.29) is 0 Å². The zero-order chi connectivity index (χ0) is 26.5. The van der Waals surface area contributed by atoms with Crippen molar-refractivity contribution in [2.45, 2.75) is 9.79 Å². The molecule has 0 fully saturated rings. The lowest BCUT2D eigenvalue weighted by Crippen LogP contribution is -1.98. The first kappa shape index (κ1) is 22.7. The smallest absolute Gasteiger partial charge is 0.247 e. The predicted molar refractivity (Wildman–Crippen MR) is 157 cm³/mol. The normalized spacial score (nSPS) is 12.1. The Morgan fingerprint density at radius 2 is 1.48 bits per heavy atom. The zero-order valence-electron chi connectivity index (χ0n) is 21.0. The summed E-state index contributed by atoms with van der Waals surface area (Å²) in [7, 11) is 0. The molecule has 1 N–H and O–H groups in total. The first-order chi connectivity index (χ1) is 19.8. The lowest BCUT2D eigenvalue weighted by Gasteiger charge is -2.20. The third-order valence-electron chi connectivity index (χ3n) is 6.79. The van der Waals surface area contributed by atoms with E-state index in [2.05, 4.69) is 40.7 Å². The molecule has 4 aromatic carbocycles. The summed E-state index contributed by atoms with van der Waals surface area (Å²) in [6, 6.07) is 36.5. The van der Waals surface area contributed by atoms with Crippen molar-refractivity contribution >= 4 is 40.1 Å². The highest BCUT2D eigenvalue weighted by Gasteiger charge is 2.20. The van der Waals surface area contributed by atoms with Crippen LogP contribution < -0.4 is 10.1 Å². The maximum Gasteiger partial charge on any atom is 0.247 e. The van der Waals surface area contributed by atoms with Crippen LogP contribution in [0.2, 0.25) is 0 Å². The van der Waals surface area contributed by atoms with Crippen LogP contribution in [0.5, 0.6) is 11.5 Å². The molecule has 8 rings (SSSR count). The minimum absolute atomic E-state index is 0.496. The summed E-state index contributed by atoms with van der Waals surface area (Å²) in [5, 5.41) is 8.76. The van der Waals surface area contributed by atoms with Gasteiger partial charge in [-0.25, -0.2) is 9.97 Å². The highest BCUT2D eigenvalue weighted by molar-refractivity contribution is 7.99. The van der Waals surface area contributed by atoms with Gasteiger partial charge in [0.25, 0.3) is 0 Å². The van der Waals surface area contributed by atoms with E-state index >= 15 is 0 Å². The molecule has 0 saturated heterocycles. The second kappa shape index (κ2) is 9.21. The Balaban J connectivity index is 1.28. The lowest BCUT2D eigenvalue weighted by molar-refractivity contribution is 0.454. The monoisotopic (exact) mass is 536 g/mol. The number of hydrogen-bond donors (Lipinski definition) is 1. The van der Waals surface area contributed by atoms with Crippen molar-refractivity contribution in [3.63, 3.8) is 0 Å². The van der Waals surface area contributed by atoms with Gasteiger partial charge in [0.1, 0.15) is 17.8 Å². The van der Waals surface area contributed by atoms with E-state index in [4.69, 9.17) is 19.7 Å². The topological polar surface area (TPSA) is 77.2 Å². The van der Waals surface area contributed by atoms with Gasteiger partial charge in [-0.1, -0.05) is 72.4 Å². The molecule has 0 saturated carbocycles. The molecule has 7 aromatic rings. The fourth-order valence-electron chi connectivity index (χ4n) is 4.91. The van der Waals surface area contributed by atoms with Crippen molar-refractivity contribution in [3.05, 3.63) is 116 Å². The van der Waals surface area contributed by atoms with Crippen LogP contribution in [0.15, 0.2) is 125 Å². The standard InChI is InChI=1S/C32H20N6OS/c1-3-9-20(10-4-1)23-18-24(21-15-16-26-28(17-21)40-27-14-8-7-13-25(27)39-26)35-30-29(23)31-36-32(37-38(31)19-33-30)34-22-11-5-2-6-12-22/h1-19H,(H,34,37). The fourth-order valence-corrected chi connectivity index (χ4v) is 5.90. The van der Waals surface area contributed by atoms with E-state index in [9.17, 15) is 0 Å². The molecule has 8 heteroatoms. The van der Waals surface area contributed by atoms with Crippen LogP contribution in [0.1, 0.15) is 0 Å². The number of nitrogens with zero attached hydrogens (tertiary/aromatic N) is 5. The Kier molecular flexibility index (Phi) is 5.24. The van der Waals surface area contributed by atoms with Gasteiger partial charge in [0, 0.05) is 11.3 Å². The number of hydrogen-bond acceptors (Lipinski definition) is 7. The van der Waals surface area contributed by atoms with Gasteiger partial charge in [0.05, 0.1) is 20.9 Å². The van der Waals surface area contributed by atoms with Crippen LogP contribution >= 0.6 is 11.8 Å². The van der Waals surface area contributed by atoms with E-state index in [1.807, 2.05) is 78.9 Å². The number of benzene rings is 4. The van der Waals surface area contributed by atoms with E-state index in [1.165, 1.54) is 0 Å². The number of para-hydroxylation sites is 2. The van der Waals surface area contributed by atoms with Crippen molar-refractivity contribution in [3.8, 4) is 33.9 Å². The maximum absolute atomic E-state index is 6.15. The second-order valence-electron chi connectivity index (χ2n) is 9.37. The number of fused-ring (bicyclic) bond motifs is 5. The van der Waals surface area contributed by atoms with Gasteiger partial charge in [-0.3, -0.25) is 0 Å². The average Bonchev–Trinajstić information content (AvgIpc) is 3.43. The largest absolute Gasteiger partial charge is 0.455 e. The van der Waals surface area contributed by atoms with Crippen LogP contribution in [0.3, 0.4) is 0 Å². The Labute approximate surface area is 233 Å². The summed E-state index contributed by atoms with van der Waals surface area (Å²) in [4.78, 5) is 16.7. The van der Waals surface area contributed by atoms with Crippen LogP contribution in [-0.2, 0) is 0 Å². The molecule has 1 aliphatic rings. The number of anilines is 2. The lowest BCUT2D eigenvalue weighted by atomic mass is 10.00. The van der Waals surface area contributed by atoms with Crippen molar-refractivity contribution in [1.29, 1.82) is 0 Å². The fraction of sp³-hybridized carbons (Fsp3) is 0. The number of nitrogens with one attached hydrogen (secondary N) is 1. The van der Waals surface area contributed by atoms with Gasteiger partial charge in [-0.2, -0.15) is 9.50 Å². The van der Waals surface area contributed by atoms with Gasteiger partial charge >= 0.3 is 0 Å². The molecule has 0 unspecified atom stereocenters. The number of ether oxygens (including phenoxy) is 1. The van der Waals surface area contributed by atoms with Crippen LogP contribution in [0.4, 0.5) is 11.6 Å². The summed E-state index contributed by atoms with van der Waals surface area (Å²) >= 11 is 1.70. The van der Waals surface area contributed by atoms with Gasteiger partial charge in [0.2, 0.25) is 5.95 Å². The molecular weight excluding hydrogens is 516 g/mol. The Bertz CT molecular complexity index is 2040. The molecule has 0 bridgehead atoms. The maximum atomic E-state index is 6.15. The molecule has 3 aromatic heterocycles. The van der Waals surface area contributed by atoms with E-state index in [1.54, 1.807) is 22.6 Å². The zero-order valence-corrected chi connectivity index (χ0v) is 21.8. The molecule has 1 aliphatic heterocycles. The Morgan fingerprint density at radius 1 is 0.700 bits per heavy atom. The van der Waals surface area contributed by atoms with Crippen LogP contribution in [-0.4, -0.2) is 24.6 Å². The molecule has 0 atom stereocenters. The van der Waals surface area contributed by atoms with Crippen LogP contribution in [0.25, 0.3) is 39.1 Å². The molecule has 0 spiro atoms. The Morgan fingerprint density at radius 3 is 2.35 bits per heavy atom. The van der Waals surface area contributed by atoms with Gasteiger partial charge in [-0.15, -0.1) is 5.10 Å². The Hall–Kier alpha value is -5.21. The first-order valence-corrected chi connectivity index (χ1v) is 13.6. The highest BCUT2D eigenvalue weighted by atomic mass is 32.2. The third kappa shape index (κ3) is 3.93. The van der Waals surface area contributed by atoms with E-state index in [0.717, 1.165) is 54.7 Å². The molecule has 0 aliphatic carbocycles. The first-order valence-electron chi connectivity index (χ1n) is 12.8.